The quantitative estimate of drug-likeness (QED) is 0.0131. The molecule has 1 amide bonds. The standard InChI is InChI=1S/C65H82ClNO19S.Na/c1-44-57(78-39-48-29-17-10-18-30-48)61(79-40-49-31-19-11-20-32-49)62(80-41-50-33-21-12-22-34-50)65(81-44)85-60-55(67-45(2)68)63(77-36-24-7-5-4-6-23-35-53(69)74-3)83-52(43-76-38-47-27-15-9-16-28-47)58(60)84-64-56(70)59(86-87(71,72)73)54(66)51(82-64)42-75-37-46-25-13-8-14-26-46;/h8-22,25-34,44,51-52,54-65,70H,4-7,23-24,35-43H2,1-3H3,(H,67,68)(H,71,72,73);/q;+1/p-1/t44-,51+,52+,54-,55+,56+,57+,58+,59-,60+,61+,62-,63+,64-,65-;/m0./s1. The molecule has 474 valence electrons. The monoisotopic (exact) mass is 1270 g/mol. The van der Waals surface area contributed by atoms with Gasteiger partial charge in [0.15, 0.2) is 18.9 Å². The number of carbonyl (C=O) groups is 2. The van der Waals surface area contributed by atoms with E-state index < -0.39 is 108 Å². The molecule has 3 heterocycles. The molecule has 8 rings (SSSR count). The molecule has 5 aromatic rings. The van der Waals surface area contributed by atoms with Crippen molar-refractivity contribution in [1.82, 2.24) is 5.32 Å². The van der Waals surface area contributed by atoms with E-state index >= 15 is 0 Å². The van der Waals surface area contributed by atoms with Crippen LogP contribution in [0.3, 0.4) is 0 Å². The largest absolute Gasteiger partial charge is 1.00 e. The van der Waals surface area contributed by atoms with Gasteiger partial charge >= 0.3 is 35.5 Å². The molecule has 0 saturated carbocycles. The van der Waals surface area contributed by atoms with Crippen molar-refractivity contribution in [2.75, 3.05) is 26.9 Å². The molecular weight excluding hydrogens is 1190 g/mol. The topological polar surface area (TPSA) is 244 Å². The normalized spacial score (nSPS) is 27.2. The molecule has 3 aliphatic heterocycles. The van der Waals surface area contributed by atoms with Gasteiger partial charge in [0.1, 0.15) is 61.0 Å². The molecule has 5 aromatic carbocycles. The fourth-order valence-electron chi connectivity index (χ4n) is 10.7. The molecule has 3 aliphatic rings. The van der Waals surface area contributed by atoms with Crippen LogP contribution in [0.1, 0.15) is 86.6 Å². The number of methoxy groups -OCH3 is 1. The number of esters is 1. The van der Waals surface area contributed by atoms with Gasteiger partial charge in [0.2, 0.25) is 16.3 Å². The van der Waals surface area contributed by atoms with Gasteiger partial charge in [0.05, 0.1) is 64.8 Å². The van der Waals surface area contributed by atoms with Crippen LogP contribution in [0.15, 0.2) is 152 Å². The van der Waals surface area contributed by atoms with Crippen LogP contribution in [-0.4, -0.2) is 148 Å². The Kier molecular flexibility index (Phi) is 30.2. The minimum Gasteiger partial charge on any atom is -0.726 e. The Hall–Kier alpha value is -4.28. The van der Waals surface area contributed by atoms with Crippen LogP contribution in [0.4, 0.5) is 0 Å². The molecule has 15 atom stereocenters. The van der Waals surface area contributed by atoms with E-state index in [0.29, 0.717) is 19.3 Å². The summed E-state index contributed by atoms with van der Waals surface area (Å²) >= 11 is 6.87. The van der Waals surface area contributed by atoms with E-state index in [9.17, 15) is 27.7 Å². The number of halogens is 1. The van der Waals surface area contributed by atoms with Crippen molar-refractivity contribution in [3.63, 3.8) is 0 Å². The number of aliphatic hydroxyl groups excluding tert-OH is 1. The van der Waals surface area contributed by atoms with Gasteiger partial charge in [-0.25, -0.2) is 8.42 Å². The summed E-state index contributed by atoms with van der Waals surface area (Å²) in [5.74, 6) is -0.754. The summed E-state index contributed by atoms with van der Waals surface area (Å²) < 4.78 is 121. The van der Waals surface area contributed by atoms with E-state index in [-0.39, 0.29) is 88.4 Å². The number of ether oxygens (including phenoxy) is 12. The van der Waals surface area contributed by atoms with E-state index in [1.807, 2.05) is 159 Å². The minimum atomic E-state index is -5.50. The number of aliphatic hydroxyl groups is 1. The summed E-state index contributed by atoms with van der Waals surface area (Å²) in [5.41, 5.74) is 4.25. The summed E-state index contributed by atoms with van der Waals surface area (Å²) in [4.78, 5) is 25.4. The Morgan fingerprint density at radius 3 is 1.49 bits per heavy atom. The van der Waals surface area contributed by atoms with E-state index in [0.717, 1.165) is 53.5 Å². The third kappa shape index (κ3) is 22.5. The molecule has 88 heavy (non-hydrogen) atoms. The second-order valence-electron chi connectivity index (χ2n) is 21.7. The number of unbranched alkanes of at least 4 members (excludes halogenated alkanes) is 5. The van der Waals surface area contributed by atoms with Crippen LogP contribution in [-0.2, 0) is 114 Å². The van der Waals surface area contributed by atoms with Gasteiger partial charge in [-0.3, -0.25) is 13.8 Å². The molecule has 0 aliphatic carbocycles. The second-order valence-corrected chi connectivity index (χ2v) is 23.2. The number of hydrogen-bond donors (Lipinski definition) is 2. The summed E-state index contributed by atoms with van der Waals surface area (Å²) in [7, 11) is -4.13. The Morgan fingerprint density at radius 1 is 0.545 bits per heavy atom. The summed E-state index contributed by atoms with van der Waals surface area (Å²) in [6.07, 6.45) is -12.2. The van der Waals surface area contributed by atoms with Crippen LogP contribution in [0, 0.1) is 0 Å². The van der Waals surface area contributed by atoms with Gasteiger partial charge in [0, 0.05) is 20.0 Å². The van der Waals surface area contributed by atoms with Gasteiger partial charge < -0.3 is 71.8 Å². The van der Waals surface area contributed by atoms with Gasteiger partial charge in [0.25, 0.3) is 0 Å². The summed E-state index contributed by atoms with van der Waals surface area (Å²) in [6, 6.07) is 46.3. The molecule has 0 radical (unpaired) electrons. The van der Waals surface area contributed by atoms with Crippen LogP contribution in [0.25, 0.3) is 0 Å². The first-order chi connectivity index (χ1) is 42.2. The van der Waals surface area contributed by atoms with Crippen LogP contribution < -0.4 is 34.9 Å². The van der Waals surface area contributed by atoms with Crippen molar-refractivity contribution in [2.24, 2.45) is 0 Å². The predicted octanol–water partition coefficient (Wildman–Crippen LogP) is 5.38. The number of carbonyl (C=O) groups excluding carboxylic acids is 2. The first-order valence-corrected chi connectivity index (χ1v) is 31.4. The van der Waals surface area contributed by atoms with Crippen LogP contribution >= 0.6 is 11.6 Å². The fourth-order valence-corrected chi connectivity index (χ4v) is 11.6. The van der Waals surface area contributed by atoms with E-state index in [1.165, 1.54) is 14.0 Å². The molecule has 0 bridgehead atoms. The zero-order valence-electron chi connectivity index (χ0n) is 50.3. The Labute approximate surface area is 543 Å². The first-order valence-electron chi connectivity index (χ1n) is 29.6. The summed E-state index contributed by atoms with van der Waals surface area (Å²) in [6.45, 7) is 3.45. The maximum absolute atomic E-state index is 13.7. The molecule has 20 nitrogen and oxygen atoms in total. The van der Waals surface area contributed by atoms with Crippen LogP contribution in [0.5, 0.6) is 0 Å². The maximum Gasteiger partial charge on any atom is 1.00 e. The van der Waals surface area contributed by atoms with Crippen molar-refractivity contribution in [3.05, 3.63) is 179 Å². The molecule has 0 aromatic heterocycles. The number of nitrogens with one attached hydrogen (secondary N) is 1. The zero-order valence-corrected chi connectivity index (χ0v) is 53.9. The molecule has 3 fully saturated rings. The molecule has 2 N–H and O–H groups in total. The van der Waals surface area contributed by atoms with Gasteiger partial charge in [-0.05, 0) is 47.6 Å². The SMILES string of the molecule is COC(=O)CCCCCCCCO[C@@H]1O[C@H](COCc2ccccc2)[C@@H](O[C@@H]2O[C@H](COCc3ccccc3)[C@H](Cl)[C@H](OS(=O)(=O)[O-])[C@H]2O)[C@H](O[C@@H]2O[C@@H](C)[C@@H](OCc3ccccc3)[C@@H](OCc3ccccc3)[C@@H]2OCc2ccccc2)[C@H]1NC(C)=O.[Na+]. The van der Waals surface area contributed by atoms with Crippen molar-refractivity contribution in [2.45, 2.75) is 183 Å². The average molecular weight is 1270 g/mol. The van der Waals surface area contributed by atoms with Crippen molar-refractivity contribution in [3.8, 4) is 0 Å². The van der Waals surface area contributed by atoms with E-state index in [4.69, 9.17) is 72.6 Å². The van der Waals surface area contributed by atoms with E-state index in [1.54, 1.807) is 0 Å². The minimum absolute atomic E-state index is 0. The fraction of sp³-hybridized carbons (Fsp3) is 0.508. The van der Waals surface area contributed by atoms with Gasteiger partial charge in [-0.1, -0.05) is 177 Å². The smallest absolute Gasteiger partial charge is 0.726 e. The number of alkyl halides is 1. The molecule has 0 spiro atoms. The maximum atomic E-state index is 13.7. The third-order valence-electron chi connectivity index (χ3n) is 15.1. The Morgan fingerprint density at radius 2 is 0.989 bits per heavy atom. The Bertz CT molecular complexity index is 2880. The molecule has 3 saturated heterocycles. The molecular formula is C65H81ClNNaO19S. The van der Waals surface area contributed by atoms with Gasteiger partial charge in [-0.2, -0.15) is 0 Å². The first kappa shape index (κ1) is 71.2. The number of amides is 1. The van der Waals surface area contributed by atoms with Gasteiger partial charge in [-0.15, -0.1) is 11.6 Å². The van der Waals surface area contributed by atoms with Crippen molar-refractivity contribution in [1.29, 1.82) is 0 Å². The van der Waals surface area contributed by atoms with E-state index in [2.05, 4.69) is 5.32 Å². The molecule has 0 unspecified atom stereocenters. The second kappa shape index (κ2) is 37.3. The average Bonchev–Trinajstić information content (AvgIpc) is 1.45. The van der Waals surface area contributed by atoms with Crippen molar-refractivity contribution < 1.29 is 118 Å². The van der Waals surface area contributed by atoms with Crippen molar-refractivity contribution >= 4 is 33.9 Å². The summed E-state index contributed by atoms with van der Waals surface area (Å²) in [5, 5.41) is 13.7. The predicted molar refractivity (Wildman–Crippen MR) is 317 cm³/mol. The number of benzene rings is 5. The molecule has 23 heteroatoms. The van der Waals surface area contributed by atoms with Crippen LogP contribution in [0.2, 0.25) is 0 Å². The third-order valence-corrected chi connectivity index (χ3v) is 16.1. The number of hydrogen-bond acceptors (Lipinski definition) is 19. The number of rotatable bonds is 34. The zero-order chi connectivity index (χ0) is 61.4. The Balaban J connectivity index is 0.0000110.